The molecule has 3 nitrogen and oxygen atoms in total. The van der Waals surface area contributed by atoms with Gasteiger partial charge >= 0.3 is 6.18 Å². The molecule has 0 radical (unpaired) electrons. The highest BCUT2D eigenvalue weighted by Crippen LogP contribution is 2.27. The number of benzene rings is 1. The second kappa shape index (κ2) is 5.55. The quantitative estimate of drug-likeness (QED) is 0.507. The number of rotatable bonds is 4. The molecule has 0 bridgehead atoms. The number of hydrogen-bond acceptors (Lipinski definition) is 2. The lowest BCUT2D eigenvalue weighted by Gasteiger charge is -2.19. The van der Waals surface area contributed by atoms with Crippen molar-refractivity contribution in [2.75, 3.05) is 6.61 Å². The van der Waals surface area contributed by atoms with Gasteiger partial charge in [0.2, 0.25) is 0 Å². The summed E-state index contributed by atoms with van der Waals surface area (Å²) in [5.41, 5.74) is 4.84. The van der Waals surface area contributed by atoms with E-state index in [1.54, 1.807) is 0 Å². The van der Waals surface area contributed by atoms with Crippen LogP contribution in [0.5, 0.6) is 5.75 Å². The Balaban J connectivity index is 2.73. The lowest BCUT2D eigenvalue weighted by Crippen LogP contribution is -2.39. The summed E-state index contributed by atoms with van der Waals surface area (Å²) >= 11 is 2.90. The zero-order valence-electron chi connectivity index (χ0n) is 8.89. The van der Waals surface area contributed by atoms with Gasteiger partial charge in [-0.3, -0.25) is 5.41 Å². The van der Waals surface area contributed by atoms with Crippen LogP contribution in [0.25, 0.3) is 0 Å². The summed E-state index contributed by atoms with van der Waals surface area (Å²) < 4.78 is 55.3. The smallest absolute Gasteiger partial charge is 0.401 e. The van der Waals surface area contributed by atoms with Crippen molar-refractivity contribution in [3.8, 4) is 5.75 Å². The second-order valence-electron chi connectivity index (χ2n) is 3.44. The monoisotopic (exact) mass is 328 g/mol. The summed E-state index contributed by atoms with van der Waals surface area (Å²) in [7, 11) is 0. The predicted octanol–water partition coefficient (Wildman–Crippen LogP) is 3.08. The van der Waals surface area contributed by atoms with E-state index in [1.807, 2.05) is 0 Å². The molecule has 0 amide bonds. The van der Waals surface area contributed by atoms with Crippen LogP contribution >= 0.6 is 15.9 Å². The highest BCUT2D eigenvalue weighted by Gasteiger charge is 2.42. The van der Waals surface area contributed by atoms with Crippen molar-refractivity contribution in [3.05, 3.63) is 28.5 Å². The average molecular weight is 329 g/mol. The molecule has 0 aromatic heterocycles. The fourth-order valence-corrected chi connectivity index (χ4v) is 1.35. The molecule has 0 heterocycles. The molecule has 3 N–H and O–H groups in total. The number of nitrogens with one attached hydrogen (secondary N) is 1. The van der Waals surface area contributed by atoms with E-state index < -0.39 is 30.4 Å². The predicted molar refractivity (Wildman–Crippen MR) is 61.1 cm³/mol. The zero-order valence-corrected chi connectivity index (χ0v) is 10.5. The normalized spacial score (nSPS) is 13.2. The van der Waals surface area contributed by atoms with Gasteiger partial charge in [-0.25, -0.2) is 4.39 Å². The van der Waals surface area contributed by atoms with E-state index in [9.17, 15) is 17.6 Å². The van der Waals surface area contributed by atoms with Gasteiger partial charge in [0, 0.05) is 6.07 Å². The molecule has 1 aromatic carbocycles. The third-order valence-electron chi connectivity index (χ3n) is 2.08. The van der Waals surface area contributed by atoms with E-state index in [-0.39, 0.29) is 10.2 Å². The van der Waals surface area contributed by atoms with Crippen molar-refractivity contribution in [3.63, 3.8) is 0 Å². The SMILES string of the molecule is N=C(N)C(COc1ccc(Br)c(F)c1)C(F)(F)F. The molecule has 8 heteroatoms. The van der Waals surface area contributed by atoms with Gasteiger partial charge in [-0.05, 0) is 28.1 Å². The fourth-order valence-electron chi connectivity index (χ4n) is 1.11. The van der Waals surface area contributed by atoms with Crippen molar-refractivity contribution in [1.29, 1.82) is 5.41 Å². The molecule has 0 aliphatic rings. The molecule has 1 rings (SSSR count). The van der Waals surface area contributed by atoms with E-state index >= 15 is 0 Å². The number of ether oxygens (including phenoxy) is 1. The van der Waals surface area contributed by atoms with Gasteiger partial charge in [-0.2, -0.15) is 13.2 Å². The number of alkyl halides is 3. The second-order valence-corrected chi connectivity index (χ2v) is 4.29. The first-order chi connectivity index (χ1) is 8.21. The third-order valence-corrected chi connectivity index (χ3v) is 2.72. The molecule has 18 heavy (non-hydrogen) atoms. The minimum Gasteiger partial charge on any atom is -0.492 e. The maximum atomic E-state index is 13.1. The van der Waals surface area contributed by atoms with Crippen LogP contribution in [-0.4, -0.2) is 18.6 Å². The molecule has 1 aromatic rings. The molecule has 0 aliphatic heterocycles. The Kier molecular flexibility index (Phi) is 4.55. The Labute approximate surface area is 109 Å². The number of amidine groups is 1. The van der Waals surface area contributed by atoms with Crippen molar-refractivity contribution >= 4 is 21.8 Å². The summed E-state index contributed by atoms with van der Waals surface area (Å²) in [6, 6.07) is 3.55. The standard InChI is InChI=1S/C10H9BrF4N2O/c11-7-2-1-5(3-8(7)12)18-4-6(9(16)17)10(13,14)15/h1-3,6H,4H2,(H3,16,17). The maximum Gasteiger partial charge on any atom is 0.401 e. The van der Waals surface area contributed by atoms with Crippen LogP contribution in [0.2, 0.25) is 0 Å². The number of hydrogen-bond donors (Lipinski definition) is 2. The Bertz CT molecular complexity index is 450. The molecular weight excluding hydrogens is 320 g/mol. The van der Waals surface area contributed by atoms with E-state index in [0.717, 1.165) is 6.07 Å². The van der Waals surface area contributed by atoms with Crippen molar-refractivity contribution in [1.82, 2.24) is 0 Å². The van der Waals surface area contributed by atoms with Crippen molar-refractivity contribution in [2.45, 2.75) is 6.18 Å². The van der Waals surface area contributed by atoms with Crippen LogP contribution in [0.3, 0.4) is 0 Å². The lowest BCUT2D eigenvalue weighted by atomic mass is 10.1. The van der Waals surface area contributed by atoms with E-state index in [0.29, 0.717) is 0 Å². The van der Waals surface area contributed by atoms with E-state index in [1.165, 1.54) is 12.1 Å². The summed E-state index contributed by atoms with van der Waals surface area (Å²) in [5.74, 6) is -3.96. The highest BCUT2D eigenvalue weighted by molar-refractivity contribution is 9.10. The third kappa shape index (κ3) is 3.86. The zero-order chi connectivity index (χ0) is 13.9. The van der Waals surface area contributed by atoms with Crippen LogP contribution in [0, 0.1) is 17.1 Å². The largest absolute Gasteiger partial charge is 0.492 e. The molecular formula is C10H9BrF4N2O. The number of halogens is 5. The minimum atomic E-state index is -4.67. The molecule has 1 atom stereocenters. The van der Waals surface area contributed by atoms with Gasteiger partial charge in [0.05, 0.1) is 4.47 Å². The van der Waals surface area contributed by atoms with Gasteiger partial charge in [0.25, 0.3) is 0 Å². The van der Waals surface area contributed by atoms with Crippen LogP contribution < -0.4 is 10.5 Å². The summed E-state index contributed by atoms with van der Waals surface area (Å²) in [6.45, 7) is -0.861. The molecule has 0 aliphatic carbocycles. The fraction of sp³-hybridized carbons (Fsp3) is 0.300. The van der Waals surface area contributed by atoms with Gasteiger partial charge in [-0.15, -0.1) is 0 Å². The first-order valence-electron chi connectivity index (χ1n) is 4.70. The van der Waals surface area contributed by atoms with Crippen molar-refractivity contribution < 1.29 is 22.3 Å². The summed E-state index contributed by atoms with van der Waals surface area (Å²) in [5, 5.41) is 6.85. The molecule has 1 unspecified atom stereocenters. The van der Waals surface area contributed by atoms with Crippen LogP contribution in [0.15, 0.2) is 22.7 Å². The van der Waals surface area contributed by atoms with Crippen LogP contribution in [0.4, 0.5) is 17.6 Å². The first-order valence-corrected chi connectivity index (χ1v) is 5.49. The Morgan fingerprint density at radius 2 is 2.06 bits per heavy atom. The van der Waals surface area contributed by atoms with Crippen molar-refractivity contribution in [2.24, 2.45) is 11.7 Å². The van der Waals surface area contributed by atoms with E-state index in [2.05, 4.69) is 15.9 Å². The maximum absolute atomic E-state index is 13.1. The van der Waals surface area contributed by atoms with Gasteiger partial charge in [-0.1, -0.05) is 0 Å². The minimum absolute atomic E-state index is 0.0637. The molecule has 0 fully saturated rings. The van der Waals surface area contributed by atoms with E-state index in [4.69, 9.17) is 15.9 Å². The van der Waals surface area contributed by atoms with Gasteiger partial charge in [0.15, 0.2) is 0 Å². The summed E-state index contributed by atoms with van der Waals surface area (Å²) in [6.07, 6.45) is -4.67. The van der Waals surface area contributed by atoms with Gasteiger partial charge in [0.1, 0.15) is 29.9 Å². The first kappa shape index (κ1) is 14.7. The average Bonchev–Trinajstić information content (AvgIpc) is 2.21. The molecule has 100 valence electrons. The Morgan fingerprint density at radius 3 is 2.50 bits per heavy atom. The highest BCUT2D eigenvalue weighted by atomic mass is 79.9. The number of nitrogens with two attached hydrogens (primary N) is 1. The van der Waals surface area contributed by atoms with Crippen LogP contribution in [0.1, 0.15) is 0 Å². The molecule has 0 spiro atoms. The van der Waals surface area contributed by atoms with Gasteiger partial charge < -0.3 is 10.5 Å². The Morgan fingerprint density at radius 1 is 1.44 bits per heavy atom. The lowest BCUT2D eigenvalue weighted by molar-refractivity contribution is -0.162. The molecule has 0 saturated carbocycles. The molecule has 0 saturated heterocycles. The topological polar surface area (TPSA) is 59.1 Å². The van der Waals surface area contributed by atoms with Crippen LogP contribution in [-0.2, 0) is 0 Å². The Hall–Kier alpha value is -1.31. The summed E-state index contributed by atoms with van der Waals surface area (Å²) in [4.78, 5) is 0.